The quantitative estimate of drug-likeness (QED) is 0.738. The van der Waals surface area contributed by atoms with E-state index in [4.69, 9.17) is 4.74 Å². The Morgan fingerprint density at radius 3 is 2.59 bits per heavy atom. The van der Waals surface area contributed by atoms with Crippen LogP contribution in [0, 0.1) is 0 Å². The van der Waals surface area contributed by atoms with Gasteiger partial charge in [0.15, 0.2) is 5.82 Å². The number of benzene rings is 2. The summed E-state index contributed by atoms with van der Waals surface area (Å²) in [4.78, 5) is 11.0. The minimum absolute atomic E-state index is 0.0528. The van der Waals surface area contributed by atoms with Gasteiger partial charge in [-0.05, 0) is 52.9 Å². The lowest BCUT2D eigenvalue weighted by Gasteiger charge is -2.10. The van der Waals surface area contributed by atoms with Gasteiger partial charge in [0.25, 0.3) is 0 Å². The largest absolute Gasteiger partial charge is 0.486 e. The van der Waals surface area contributed by atoms with Gasteiger partial charge >= 0.3 is 6.18 Å². The van der Waals surface area contributed by atoms with Crippen molar-refractivity contribution in [2.24, 2.45) is 0 Å². The Balaban J connectivity index is 1.73. The molecule has 1 amide bonds. The molecule has 27 heavy (non-hydrogen) atoms. The van der Waals surface area contributed by atoms with Crippen LogP contribution in [0.2, 0.25) is 0 Å². The first-order valence-electron chi connectivity index (χ1n) is 7.78. The number of halogens is 3. The van der Waals surface area contributed by atoms with Crippen molar-refractivity contribution >= 4 is 11.6 Å². The van der Waals surface area contributed by atoms with Crippen LogP contribution in [0.4, 0.5) is 18.9 Å². The van der Waals surface area contributed by atoms with E-state index >= 15 is 0 Å². The van der Waals surface area contributed by atoms with E-state index in [2.05, 4.69) is 20.8 Å². The van der Waals surface area contributed by atoms with Crippen LogP contribution in [0.5, 0.6) is 5.75 Å². The molecule has 0 aliphatic rings. The van der Waals surface area contributed by atoms with Gasteiger partial charge in [-0.25, -0.2) is 0 Å². The highest BCUT2D eigenvalue weighted by molar-refractivity contribution is 5.88. The first-order valence-corrected chi connectivity index (χ1v) is 7.78. The average molecular weight is 377 g/mol. The van der Waals surface area contributed by atoms with Crippen LogP contribution < -0.4 is 10.1 Å². The number of anilines is 1. The fourth-order valence-corrected chi connectivity index (χ4v) is 2.30. The molecule has 3 rings (SSSR count). The summed E-state index contributed by atoms with van der Waals surface area (Å²) in [5, 5.41) is 13.7. The second-order valence-corrected chi connectivity index (χ2v) is 5.55. The number of tetrazole rings is 1. The summed E-state index contributed by atoms with van der Waals surface area (Å²) in [6.45, 7) is 1.35. The number of amides is 1. The van der Waals surface area contributed by atoms with Crippen molar-refractivity contribution in [1.29, 1.82) is 0 Å². The molecular formula is C17H14F3N5O2. The highest BCUT2D eigenvalue weighted by Crippen LogP contribution is 2.30. The number of nitrogens with one attached hydrogen (secondary N) is 1. The van der Waals surface area contributed by atoms with Crippen LogP contribution in [0.1, 0.15) is 18.3 Å². The molecule has 7 nitrogen and oxygen atoms in total. The number of ether oxygens (including phenoxy) is 1. The molecule has 0 saturated carbocycles. The monoisotopic (exact) mass is 377 g/mol. The molecule has 0 fully saturated rings. The van der Waals surface area contributed by atoms with E-state index in [9.17, 15) is 18.0 Å². The SMILES string of the molecule is CC(=O)Nc1ccc(OCc2nnnn2-c2cccc(C(F)(F)F)c2)cc1. The maximum Gasteiger partial charge on any atom is 0.416 e. The molecule has 3 aromatic rings. The van der Waals surface area contributed by atoms with E-state index in [1.54, 1.807) is 24.3 Å². The van der Waals surface area contributed by atoms with Crippen LogP contribution >= 0.6 is 0 Å². The number of hydrogen-bond acceptors (Lipinski definition) is 5. The number of rotatable bonds is 5. The molecule has 0 unspecified atom stereocenters. The third-order valence-corrected chi connectivity index (χ3v) is 3.49. The Hall–Kier alpha value is -3.43. The normalized spacial score (nSPS) is 11.3. The van der Waals surface area contributed by atoms with E-state index in [0.29, 0.717) is 11.4 Å². The Morgan fingerprint density at radius 1 is 1.19 bits per heavy atom. The minimum atomic E-state index is -4.46. The van der Waals surface area contributed by atoms with Gasteiger partial charge in [-0.3, -0.25) is 4.79 Å². The molecule has 10 heteroatoms. The highest BCUT2D eigenvalue weighted by atomic mass is 19.4. The van der Waals surface area contributed by atoms with Crippen molar-refractivity contribution in [3.8, 4) is 11.4 Å². The molecule has 0 atom stereocenters. The van der Waals surface area contributed by atoms with Crippen LogP contribution in [-0.2, 0) is 17.6 Å². The number of aromatic nitrogens is 4. The lowest BCUT2D eigenvalue weighted by Crippen LogP contribution is -2.10. The summed E-state index contributed by atoms with van der Waals surface area (Å²) in [5.74, 6) is 0.534. The zero-order valence-electron chi connectivity index (χ0n) is 14.1. The molecular weight excluding hydrogens is 363 g/mol. The predicted molar refractivity (Wildman–Crippen MR) is 89.2 cm³/mol. The van der Waals surface area contributed by atoms with Gasteiger partial charge in [-0.2, -0.15) is 17.9 Å². The zero-order chi connectivity index (χ0) is 19.4. The number of nitrogens with zero attached hydrogens (tertiary/aromatic N) is 4. The zero-order valence-corrected chi connectivity index (χ0v) is 14.1. The second-order valence-electron chi connectivity index (χ2n) is 5.55. The molecule has 1 aromatic heterocycles. The summed E-state index contributed by atoms with van der Waals surface area (Å²) < 4.78 is 45.4. The second kappa shape index (κ2) is 7.44. The standard InChI is InChI=1S/C17H14F3N5O2/c1-11(26)21-13-5-7-15(8-6-13)27-10-16-22-23-24-25(16)14-4-2-3-12(9-14)17(18,19)20/h2-9H,10H2,1H3,(H,21,26). The van der Waals surface area contributed by atoms with Gasteiger partial charge in [-0.1, -0.05) is 6.07 Å². The number of carbonyl (C=O) groups is 1. The smallest absolute Gasteiger partial charge is 0.416 e. The fourth-order valence-electron chi connectivity index (χ4n) is 2.30. The van der Waals surface area contributed by atoms with Crippen molar-refractivity contribution < 1.29 is 22.7 Å². The lowest BCUT2D eigenvalue weighted by atomic mass is 10.2. The summed E-state index contributed by atoms with van der Waals surface area (Å²) in [5.41, 5.74) is -0.00555. The van der Waals surface area contributed by atoms with Gasteiger partial charge in [-0.15, -0.1) is 5.10 Å². The molecule has 1 heterocycles. The van der Waals surface area contributed by atoms with Gasteiger partial charge in [0, 0.05) is 12.6 Å². The van der Waals surface area contributed by atoms with E-state index in [-0.39, 0.29) is 24.0 Å². The lowest BCUT2D eigenvalue weighted by molar-refractivity contribution is -0.137. The molecule has 0 aliphatic heterocycles. The molecule has 0 spiro atoms. The first-order chi connectivity index (χ1) is 12.8. The van der Waals surface area contributed by atoms with E-state index in [0.717, 1.165) is 12.1 Å². The fraction of sp³-hybridized carbons (Fsp3) is 0.176. The molecule has 0 aliphatic carbocycles. The predicted octanol–water partition coefficient (Wildman–Crippen LogP) is 3.22. The number of carbonyl (C=O) groups excluding carboxylic acids is 1. The third kappa shape index (κ3) is 4.60. The van der Waals surface area contributed by atoms with Gasteiger partial charge in [0.1, 0.15) is 12.4 Å². The van der Waals surface area contributed by atoms with Crippen LogP contribution in [0.3, 0.4) is 0 Å². The minimum Gasteiger partial charge on any atom is -0.486 e. The van der Waals surface area contributed by atoms with Gasteiger partial charge in [0.2, 0.25) is 5.91 Å². The summed E-state index contributed by atoms with van der Waals surface area (Å²) in [7, 11) is 0. The summed E-state index contributed by atoms with van der Waals surface area (Å²) in [6, 6.07) is 11.3. The van der Waals surface area contributed by atoms with E-state index < -0.39 is 11.7 Å². The molecule has 0 bridgehead atoms. The Bertz CT molecular complexity index is 938. The van der Waals surface area contributed by atoms with Crippen molar-refractivity contribution in [2.75, 3.05) is 5.32 Å². The van der Waals surface area contributed by atoms with Crippen LogP contribution in [0.15, 0.2) is 48.5 Å². The van der Waals surface area contributed by atoms with Crippen LogP contribution in [0.25, 0.3) is 5.69 Å². The summed E-state index contributed by atoms with van der Waals surface area (Å²) >= 11 is 0. The average Bonchev–Trinajstić information content (AvgIpc) is 3.09. The van der Waals surface area contributed by atoms with Crippen molar-refractivity contribution in [2.45, 2.75) is 19.7 Å². The molecule has 2 aromatic carbocycles. The summed E-state index contributed by atoms with van der Waals surface area (Å²) in [6.07, 6.45) is -4.46. The van der Waals surface area contributed by atoms with E-state index in [1.165, 1.54) is 23.7 Å². The molecule has 1 N–H and O–H groups in total. The van der Waals surface area contributed by atoms with Crippen molar-refractivity contribution in [1.82, 2.24) is 20.2 Å². The third-order valence-electron chi connectivity index (χ3n) is 3.49. The molecule has 140 valence electrons. The maximum absolute atomic E-state index is 12.9. The van der Waals surface area contributed by atoms with Crippen molar-refractivity contribution in [3.63, 3.8) is 0 Å². The van der Waals surface area contributed by atoms with E-state index in [1.807, 2.05) is 0 Å². The molecule has 0 radical (unpaired) electrons. The maximum atomic E-state index is 12.9. The van der Waals surface area contributed by atoms with Crippen LogP contribution in [-0.4, -0.2) is 26.1 Å². The number of hydrogen-bond donors (Lipinski definition) is 1. The number of alkyl halides is 3. The highest BCUT2D eigenvalue weighted by Gasteiger charge is 2.30. The van der Waals surface area contributed by atoms with Gasteiger partial charge < -0.3 is 10.1 Å². The Morgan fingerprint density at radius 2 is 1.93 bits per heavy atom. The van der Waals surface area contributed by atoms with Gasteiger partial charge in [0.05, 0.1) is 11.3 Å². The Labute approximate surface area is 151 Å². The van der Waals surface area contributed by atoms with Crippen molar-refractivity contribution in [3.05, 3.63) is 59.9 Å². The molecule has 0 saturated heterocycles. The Kier molecular flexibility index (Phi) is 5.06. The first kappa shape index (κ1) is 18.4. The topological polar surface area (TPSA) is 81.9 Å².